The van der Waals surface area contributed by atoms with Crippen LogP contribution in [0.3, 0.4) is 0 Å². The predicted octanol–water partition coefficient (Wildman–Crippen LogP) is 3.07. The Labute approximate surface area is 224 Å². The quantitative estimate of drug-likeness (QED) is 0.391. The summed E-state index contributed by atoms with van der Waals surface area (Å²) in [5.74, 6) is 1.01. The SMILES string of the molecule is CN(C)CCC(=O)c1ccc(N2C3CCC2CC(NC(=O)c2ccc(C(N)=O)c(NCC4CC4)c2)C3)nc1. The number of benzene rings is 1. The van der Waals surface area contributed by atoms with Crippen molar-refractivity contribution in [1.29, 1.82) is 0 Å². The summed E-state index contributed by atoms with van der Waals surface area (Å²) in [6.45, 7) is 1.50. The van der Waals surface area contributed by atoms with Gasteiger partial charge in [-0.1, -0.05) is 0 Å². The van der Waals surface area contributed by atoms with Crippen LogP contribution in [0.2, 0.25) is 0 Å². The second kappa shape index (κ2) is 11.1. The summed E-state index contributed by atoms with van der Waals surface area (Å²) in [4.78, 5) is 46.5. The molecule has 202 valence electrons. The van der Waals surface area contributed by atoms with Crippen molar-refractivity contribution >= 4 is 29.1 Å². The van der Waals surface area contributed by atoms with E-state index in [0.29, 0.717) is 46.8 Å². The van der Waals surface area contributed by atoms with E-state index in [2.05, 4.69) is 20.5 Å². The third-order valence-electron chi connectivity index (χ3n) is 8.01. The van der Waals surface area contributed by atoms with Gasteiger partial charge in [-0.2, -0.15) is 0 Å². The van der Waals surface area contributed by atoms with Gasteiger partial charge in [-0.25, -0.2) is 4.98 Å². The number of fused-ring (bicyclic) bond motifs is 2. The number of piperidine rings is 1. The Hall–Kier alpha value is -3.46. The van der Waals surface area contributed by atoms with Gasteiger partial charge < -0.3 is 26.2 Å². The van der Waals surface area contributed by atoms with E-state index >= 15 is 0 Å². The Balaban J connectivity index is 1.21. The van der Waals surface area contributed by atoms with Gasteiger partial charge in [0.25, 0.3) is 11.8 Å². The number of nitrogens with one attached hydrogen (secondary N) is 2. The first-order valence-corrected chi connectivity index (χ1v) is 13.7. The molecule has 1 aromatic carbocycles. The molecule has 0 spiro atoms. The molecule has 2 aromatic rings. The molecule has 0 radical (unpaired) electrons. The van der Waals surface area contributed by atoms with Gasteiger partial charge in [-0.05, 0) is 88.9 Å². The molecule has 2 amide bonds. The van der Waals surface area contributed by atoms with Gasteiger partial charge in [0.1, 0.15) is 5.82 Å². The van der Waals surface area contributed by atoms with E-state index in [-0.39, 0.29) is 17.7 Å². The highest BCUT2D eigenvalue weighted by molar-refractivity contribution is 6.02. The Morgan fingerprint density at radius 1 is 1.03 bits per heavy atom. The first-order chi connectivity index (χ1) is 18.3. The number of Topliss-reactive ketones (excluding diaryl/α,β-unsaturated/α-hetero) is 1. The van der Waals surface area contributed by atoms with Crippen molar-refractivity contribution in [2.75, 3.05) is 37.4 Å². The van der Waals surface area contributed by atoms with E-state index in [1.165, 1.54) is 12.8 Å². The second-order valence-electron chi connectivity index (χ2n) is 11.3. The van der Waals surface area contributed by atoms with Gasteiger partial charge in [0.2, 0.25) is 0 Å². The Kier molecular flexibility index (Phi) is 7.65. The van der Waals surface area contributed by atoms with Crippen LogP contribution in [-0.2, 0) is 0 Å². The summed E-state index contributed by atoms with van der Waals surface area (Å²) < 4.78 is 0. The average molecular weight is 519 g/mol. The predicted molar refractivity (Wildman–Crippen MR) is 148 cm³/mol. The molecular formula is C29H38N6O3. The molecule has 2 bridgehead atoms. The zero-order chi connectivity index (χ0) is 26.8. The molecule has 1 aliphatic carbocycles. The zero-order valence-electron chi connectivity index (χ0n) is 22.3. The molecule has 2 unspecified atom stereocenters. The van der Waals surface area contributed by atoms with Gasteiger partial charge in [-0.15, -0.1) is 0 Å². The number of pyridine rings is 1. The monoisotopic (exact) mass is 518 g/mol. The second-order valence-corrected chi connectivity index (χ2v) is 11.3. The maximum Gasteiger partial charge on any atom is 0.251 e. The molecule has 9 nitrogen and oxygen atoms in total. The van der Waals surface area contributed by atoms with Gasteiger partial charge in [0, 0.05) is 60.6 Å². The van der Waals surface area contributed by atoms with Crippen LogP contribution in [0.5, 0.6) is 0 Å². The number of ketones is 1. The highest BCUT2D eigenvalue weighted by atomic mass is 16.2. The van der Waals surface area contributed by atoms with Crippen molar-refractivity contribution in [2.45, 2.75) is 63.1 Å². The van der Waals surface area contributed by atoms with E-state index in [1.807, 2.05) is 31.1 Å². The molecule has 5 rings (SSSR count). The number of nitrogens with zero attached hydrogens (tertiary/aromatic N) is 3. The van der Waals surface area contributed by atoms with Crippen molar-refractivity contribution in [3.05, 3.63) is 53.2 Å². The first kappa shape index (κ1) is 26.2. The number of nitrogens with two attached hydrogens (primary N) is 1. The summed E-state index contributed by atoms with van der Waals surface area (Å²) in [5, 5.41) is 6.54. The van der Waals surface area contributed by atoms with Gasteiger partial charge >= 0.3 is 0 Å². The fraction of sp³-hybridized carbons (Fsp3) is 0.517. The lowest BCUT2D eigenvalue weighted by Gasteiger charge is -2.40. The molecule has 4 N–H and O–H groups in total. The summed E-state index contributed by atoms with van der Waals surface area (Å²) >= 11 is 0. The minimum absolute atomic E-state index is 0.0711. The lowest BCUT2D eigenvalue weighted by molar-refractivity contribution is 0.0924. The number of aromatic nitrogens is 1. The maximum atomic E-state index is 13.2. The highest BCUT2D eigenvalue weighted by Gasteiger charge is 2.41. The molecule has 3 aliphatic rings. The normalized spacial score (nSPS) is 22.4. The summed E-state index contributed by atoms with van der Waals surface area (Å²) in [6, 6.07) is 9.58. The van der Waals surface area contributed by atoms with Crippen molar-refractivity contribution in [3.8, 4) is 0 Å². The topological polar surface area (TPSA) is 121 Å². The molecule has 2 aliphatic heterocycles. The molecule has 1 aromatic heterocycles. The van der Waals surface area contributed by atoms with Crippen molar-refractivity contribution in [3.63, 3.8) is 0 Å². The first-order valence-electron chi connectivity index (χ1n) is 13.7. The lowest BCUT2D eigenvalue weighted by Crippen LogP contribution is -2.50. The zero-order valence-corrected chi connectivity index (χ0v) is 22.3. The molecule has 3 fully saturated rings. The fourth-order valence-electron chi connectivity index (χ4n) is 5.73. The van der Waals surface area contributed by atoms with Crippen LogP contribution in [-0.4, -0.2) is 72.8 Å². The highest BCUT2D eigenvalue weighted by Crippen LogP contribution is 2.38. The maximum absolute atomic E-state index is 13.2. The van der Waals surface area contributed by atoms with Crippen molar-refractivity contribution in [2.24, 2.45) is 11.7 Å². The van der Waals surface area contributed by atoms with E-state index in [4.69, 9.17) is 5.73 Å². The number of carbonyl (C=O) groups excluding carboxylic acids is 3. The Morgan fingerprint density at radius 3 is 2.34 bits per heavy atom. The Morgan fingerprint density at radius 2 is 1.74 bits per heavy atom. The van der Waals surface area contributed by atoms with E-state index < -0.39 is 5.91 Å². The molecule has 2 atom stereocenters. The molecule has 9 heteroatoms. The number of amides is 2. The standard InChI is InChI=1S/C29H38N6O3/c1-34(2)12-11-26(36)20-6-10-27(32-17-20)35-22-7-8-23(35)15-21(14-22)33-29(38)19-5-9-24(28(30)37)25(13-19)31-16-18-3-4-18/h5-6,9-10,13,17-18,21-23,31H,3-4,7-8,11-12,14-16H2,1-2H3,(H2,30,37)(H,33,38). The van der Waals surface area contributed by atoms with Crippen LogP contribution in [0.25, 0.3) is 0 Å². The number of hydrogen-bond donors (Lipinski definition) is 3. The lowest BCUT2D eigenvalue weighted by atomic mass is 9.96. The summed E-state index contributed by atoms with van der Waals surface area (Å²) in [6.07, 6.45) is 8.37. The number of rotatable bonds is 11. The van der Waals surface area contributed by atoms with Crippen LogP contribution in [0.15, 0.2) is 36.5 Å². The fourth-order valence-corrected chi connectivity index (χ4v) is 5.73. The largest absolute Gasteiger partial charge is 0.384 e. The number of hydrogen-bond acceptors (Lipinski definition) is 7. The minimum Gasteiger partial charge on any atom is -0.384 e. The molecular weight excluding hydrogens is 480 g/mol. The molecule has 38 heavy (non-hydrogen) atoms. The van der Waals surface area contributed by atoms with Crippen LogP contribution < -0.4 is 21.3 Å². The van der Waals surface area contributed by atoms with E-state index in [0.717, 1.165) is 44.6 Å². The van der Waals surface area contributed by atoms with Crippen LogP contribution in [0.1, 0.15) is 76.0 Å². The van der Waals surface area contributed by atoms with Gasteiger partial charge in [0.15, 0.2) is 5.78 Å². The van der Waals surface area contributed by atoms with Gasteiger partial charge in [-0.3, -0.25) is 14.4 Å². The minimum atomic E-state index is -0.501. The molecule has 1 saturated carbocycles. The third kappa shape index (κ3) is 5.99. The van der Waals surface area contributed by atoms with E-state index in [1.54, 1.807) is 24.4 Å². The number of primary amides is 1. The van der Waals surface area contributed by atoms with Crippen LogP contribution in [0, 0.1) is 5.92 Å². The molecule has 2 saturated heterocycles. The van der Waals surface area contributed by atoms with Crippen LogP contribution >= 0.6 is 0 Å². The van der Waals surface area contributed by atoms with Crippen LogP contribution in [0.4, 0.5) is 11.5 Å². The van der Waals surface area contributed by atoms with Gasteiger partial charge in [0.05, 0.1) is 5.56 Å². The average Bonchev–Trinajstić information content (AvgIpc) is 3.69. The van der Waals surface area contributed by atoms with Crippen molar-refractivity contribution < 1.29 is 14.4 Å². The number of carbonyl (C=O) groups is 3. The summed E-state index contributed by atoms with van der Waals surface area (Å²) in [7, 11) is 3.92. The molecule has 3 heterocycles. The number of anilines is 2. The smallest absolute Gasteiger partial charge is 0.251 e. The third-order valence-corrected chi connectivity index (χ3v) is 8.01. The Bertz CT molecular complexity index is 1180. The van der Waals surface area contributed by atoms with Crippen molar-refractivity contribution in [1.82, 2.24) is 15.2 Å². The summed E-state index contributed by atoms with van der Waals surface area (Å²) in [5.41, 5.74) is 7.76. The van der Waals surface area contributed by atoms with E-state index in [9.17, 15) is 14.4 Å².